The zero-order valence-corrected chi connectivity index (χ0v) is 30.8. The first-order valence-corrected chi connectivity index (χ1v) is 21.5. The number of ketones is 1. The lowest BCUT2D eigenvalue weighted by molar-refractivity contribution is 0.0971. The van der Waals surface area contributed by atoms with Crippen molar-refractivity contribution in [3.8, 4) is 0 Å². The van der Waals surface area contributed by atoms with Crippen LogP contribution in [0.4, 0.5) is 5.82 Å². The summed E-state index contributed by atoms with van der Waals surface area (Å²) in [5.74, 6) is 1.51. The van der Waals surface area contributed by atoms with Gasteiger partial charge in [-0.2, -0.15) is 0 Å². The molecule has 8 nitrogen and oxygen atoms in total. The summed E-state index contributed by atoms with van der Waals surface area (Å²) < 4.78 is 25.6. The zero-order chi connectivity index (χ0) is 32.4. The Morgan fingerprint density at radius 1 is 1.09 bits per heavy atom. The van der Waals surface area contributed by atoms with E-state index < -0.39 is 16.6 Å². The molecule has 1 fully saturated rings. The minimum Gasteiger partial charge on any atom is -0.493 e. The average molecular weight is 642 g/mol. The van der Waals surface area contributed by atoms with Gasteiger partial charge in [-0.05, 0) is 59.7 Å². The predicted molar refractivity (Wildman–Crippen MR) is 182 cm³/mol. The smallest absolute Gasteiger partial charge is 0.233 e. The van der Waals surface area contributed by atoms with Gasteiger partial charge in [0.2, 0.25) is 14.1 Å². The van der Waals surface area contributed by atoms with Gasteiger partial charge in [-0.1, -0.05) is 62.3 Å². The summed E-state index contributed by atoms with van der Waals surface area (Å²) in [6.45, 7) is 26.9. The van der Waals surface area contributed by atoms with E-state index in [0.29, 0.717) is 41.2 Å². The number of anilines is 1. The molecule has 1 aliphatic carbocycles. The third kappa shape index (κ3) is 7.24. The highest BCUT2D eigenvalue weighted by Crippen LogP contribution is 2.46. The van der Waals surface area contributed by atoms with Crippen LogP contribution < -0.4 is 5.32 Å². The second-order valence-electron chi connectivity index (χ2n) is 15.1. The molecule has 2 aliphatic rings. The summed E-state index contributed by atoms with van der Waals surface area (Å²) >= 11 is 0. The van der Waals surface area contributed by atoms with Gasteiger partial charge in [0.15, 0.2) is 14.1 Å². The molecule has 0 radical (unpaired) electrons. The highest BCUT2D eigenvalue weighted by Gasteiger charge is 2.50. The Labute approximate surface area is 267 Å². The van der Waals surface area contributed by atoms with Gasteiger partial charge >= 0.3 is 0 Å². The van der Waals surface area contributed by atoms with Crippen molar-refractivity contribution in [3.63, 3.8) is 0 Å². The van der Waals surface area contributed by atoms with Gasteiger partial charge in [0.1, 0.15) is 24.2 Å². The van der Waals surface area contributed by atoms with Crippen LogP contribution in [0.15, 0.2) is 35.3 Å². The average Bonchev–Trinajstić information content (AvgIpc) is 3.70. The van der Waals surface area contributed by atoms with Gasteiger partial charge in [0.05, 0.1) is 23.8 Å². The van der Waals surface area contributed by atoms with Crippen LogP contribution in [0.25, 0.3) is 5.76 Å². The number of ether oxygens (including phenoxy) is 1. The maximum Gasteiger partial charge on any atom is 0.233 e. The normalized spacial score (nSPS) is 21.3. The highest BCUT2D eigenvalue weighted by atomic mass is 28.4. The zero-order valence-electron chi connectivity index (χ0n) is 28.8. The molecule has 1 saturated carbocycles. The molecule has 0 unspecified atom stereocenters. The third-order valence-electron chi connectivity index (χ3n) is 10.3. The molecule has 1 N–H and O–H groups in total. The first-order chi connectivity index (χ1) is 20.6. The minimum atomic E-state index is -2.13. The summed E-state index contributed by atoms with van der Waals surface area (Å²) in [7, 11) is -4.07. The molecule has 0 amide bonds. The fraction of sp³-hybridized carbons (Fsp3) is 0.676. The second-order valence-corrected chi connectivity index (χ2v) is 25.4. The van der Waals surface area contributed by atoms with Crippen molar-refractivity contribution >= 4 is 34.0 Å². The molecule has 0 bridgehead atoms. The van der Waals surface area contributed by atoms with Crippen molar-refractivity contribution in [3.05, 3.63) is 47.8 Å². The van der Waals surface area contributed by atoms with Crippen molar-refractivity contribution in [1.82, 2.24) is 9.97 Å². The molecule has 2 aromatic rings. The molecule has 3 atom stereocenters. The van der Waals surface area contributed by atoms with Gasteiger partial charge in [0, 0.05) is 31.2 Å². The topological polar surface area (TPSA) is 95.7 Å². The molecule has 2 aromatic heterocycles. The number of carbonyl (C=O) groups is 1. The van der Waals surface area contributed by atoms with Crippen LogP contribution in [0.2, 0.25) is 34.8 Å². The third-order valence-corrected chi connectivity index (χ3v) is 20.9. The Bertz CT molecular complexity index is 1290. The lowest BCUT2D eigenvalue weighted by Crippen LogP contribution is -2.51. The Morgan fingerprint density at radius 3 is 2.36 bits per heavy atom. The van der Waals surface area contributed by atoms with E-state index in [1.54, 1.807) is 18.5 Å². The number of hydrogen-bond donors (Lipinski definition) is 1. The van der Waals surface area contributed by atoms with E-state index in [2.05, 4.69) is 90.7 Å². The van der Waals surface area contributed by atoms with Crippen LogP contribution in [0.5, 0.6) is 0 Å². The van der Waals surface area contributed by atoms with Crippen molar-refractivity contribution in [2.45, 2.75) is 128 Å². The summed E-state index contributed by atoms with van der Waals surface area (Å²) in [6.07, 6.45) is 9.28. The Kier molecular flexibility index (Phi) is 10.7. The van der Waals surface area contributed by atoms with E-state index in [1.807, 2.05) is 6.08 Å². The molecule has 244 valence electrons. The lowest BCUT2D eigenvalue weighted by Gasteiger charge is -2.45. The molecule has 4 rings (SSSR count). The van der Waals surface area contributed by atoms with Crippen molar-refractivity contribution < 1.29 is 22.8 Å². The van der Waals surface area contributed by atoms with E-state index in [4.69, 9.17) is 18.0 Å². The Balaban J connectivity index is 1.58. The summed E-state index contributed by atoms with van der Waals surface area (Å²) in [5.41, 5.74) is 2.64. The number of furan rings is 1. The molecule has 1 aliphatic heterocycles. The van der Waals surface area contributed by atoms with E-state index in [1.165, 1.54) is 6.33 Å². The number of nitrogens with one attached hydrogen (secondary N) is 1. The second kappa shape index (κ2) is 13.6. The monoisotopic (exact) mass is 641 g/mol. The molecular formula is C34H55N3O5Si2. The fourth-order valence-electron chi connectivity index (χ4n) is 6.87. The number of nitrogens with zero attached hydrogens (tertiary/aromatic N) is 2. The Hall–Kier alpha value is -2.28. The van der Waals surface area contributed by atoms with E-state index in [-0.39, 0.29) is 34.6 Å². The Morgan fingerprint density at radius 2 is 1.77 bits per heavy atom. The minimum absolute atomic E-state index is 0.0736. The number of hydrogen-bond acceptors (Lipinski definition) is 8. The highest BCUT2D eigenvalue weighted by molar-refractivity contribution is 6.77. The van der Waals surface area contributed by atoms with Crippen molar-refractivity contribution in [2.75, 3.05) is 18.5 Å². The fourth-order valence-corrected chi connectivity index (χ4v) is 13.6. The van der Waals surface area contributed by atoms with Crippen molar-refractivity contribution in [2.24, 2.45) is 5.92 Å². The summed E-state index contributed by atoms with van der Waals surface area (Å²) in [4.78, 5) is 22.3. The lowest BCUT2D eigenvalue weighted by atomic mass is 10.1. The predicted octanol–water partition coefficient (Wildman–Crippen LogP) is 8.83. The molecule has 10 heteroatoms. The van der Waals surface area contributed by atoms with Crippen LogP contribution >= 0.6 is 0 Å². The molecule has 44 heavy (non-hydrogen) atoms. The quantitative estimate of drug-likeness (QED) is 0.171. The van der Waals surface area contributed by atoms with Crippen LogP contribution in [-0.2, 0) is 13.6 Å². The first kappa shape index (κ1) is 34.6. The first-order valence-electron chi connectivity index (χ1n) is 16.4. The maximum atomic E-state index is 13.6. The molecule has 0 spiro atoms. The van der Waals surface area contributed by atoms with Gasteiger partial charge in [-0.3, -0.25) is 4.79 Å². The van der Waals surface area contributed by atoms with E-state index >= 15 is 0 Å². The van der Waals surface area contributed by atoms with Gasteiger partial charge in [-0.15, -0.1) is 0 Å². The number of aromatic nitrogens is 2. The van der Waals surface area contributed by atoms with E-state index in [0.717, 1.165) is 30.6 Å². The van der Waals surface area contributed by atoms with Crippen LogP contribution in [-0.4, -0.2) is 57.7 Å². The van der Waals surface area contributed by atoms with Crippen LogP contribution in [0, 0.1) is 5.92 Å². The largest absolute Gasteiger partial charge is 0.493 e. The number of carbonyl (C=O) groups excluding carboxylic acids is 1. The molecule has 0 saturated heterocycles. The summed E-state index contributed by atoms with van der Waals surface area (Å²) in [5, 5.41) is 3.76. The number of rotatable bonds is 13. The summed E-state index contributed by atoms with van der Waals surface area (Å²) in [6, 6.07) is 1.81. The standard InChI is InChI=1S/C34H55N3O5Si2/c1-22(2)44(23(3)4,24(5)6)42-30-17-27(15-25(30)20-41-43(10,11)34(7,8)9)37-33-28(18-35-21-36-33)32(38)31-16-26(19-40-31)29-13-12-14-39-29/h13,16,18-19,21-25,27,30H,12,14-15,17,20H2,1-11H3,(H,35,36,37)/t25-,27-,30+/m1/s1. The molecule has 0 aromatic carbocycles. The SMILES string of the molecule is CC(C)[Si](O[C@H]1C[C@H](Nc2ncncc2C(=O)c2cc(C3=CCCO3)co2)C[C@@H]1CO[Si](C)(C)C(C)(C)C)(C(C)C)C(C)C. The molecular weight excluding hydrogens is 587 g/mol. The van der Waals surface area contributed by atoms with Crippen LogP contribution in [0.1, 0.15) is 103 Å². The van der Waals surface area contributed by atoms with Crippen molar-refractivity contribution in [1.29, 1.82) is 0 Å². The van der Waals surface area contributed by atoms with Gasteiger partial charge in [0.25, 0.3) is 0 Å². The maximum absolute atomic E-state index is 13.6. The van der Waals surface area contributed by atoms with Gasteiger partial charge in [-0.25, -0.2) is 9.97 Å². The van der Waals surface area contributed by atoms with Crippen LogP contribution in [0.3, 0.4) is 0 Å². The van der Waals surface area contributed by atoms with E-state index in [9.17, 15) is 4.79 Å². The molecule has 3 heterocycles. The van der Waals surface area contributed by atoms with Gasteiger partial charge < -0.3 is 23.3 Å².